The Morgan fingerprint density at radius 2 is 1.35 bits per heavy atom. The van der Waals surface area contributed by atoms with Crippen LogP contribution in [-0.4, -0.2) is 15.0 Å². The Labute approximate surface area is 135 Å². The second-order valence-electron chi connectivity index (χ2n) is 5.70. The van der Waals surface area contributed by atoms with Crippen molar-refractivity contribution in [1.82, 2.24) is 15.0 Å². The molecule has 4 rings (SSSR count). The molecule has 0 spiro atoms. The van der Waals surface area contributed by atoms with E-state index >= 15 is 0 Å². The molecule has 0 atom stereocenters. The average molecular weight is 299 g/mol. The van der Waals surface area contributed by atoms with Gasteiger partial charge in [-0.3, -0.25) is 0 Å². The maximum atomic E-state index is 4.72. The zero-order chi connectivity index (χ0) is 15.8. The van der Waals surface area contributed by atoms with Gasteiger partial charge in [0.05, 0.1) is 11.4 Å². The van der Waals surface area contributed by atoms with E-state index in [1.807, 2.05) is 43.3 Å². The zero-order valence-corrected chi connectivity index (χ0v) is 13.2. The first-order valence-corrected chi connectivity index (χ1v) is 7.72. The summed E-state index contributed by atoms with van der Waals surface area (Å²) in [5.41, 5.74) is 6.38. The number of rotatable bonds is 2. The number of H-pyrrole nitrogens is 1. The molecule has 3 nitrogen and oxygen atoms in total. The number of hydrogen-bond donors (Lipinski definition) is 1. The van der Waals surface area contributed by atoms with Gasteiger partial charge in [-0.05, 0) is 13.8 Å². The van der Waals surface area contributed by atoms with Crippen molar-refractivity contribution < 1.29 is 0 Å². The van der Waals surface area contributed by atoms with E-state index in [0.717, 1.165) is 44.9 Å². The molecule has 0 unspecified atom stereocenters. The average Bonchev–Trinajstić information content (AvgIpc) is 2.92. The summed E-state index contributed by atoms with van der Waals surface area (Å²) in [5, 5.41) is 1.10. The van der Waals surface area contributed by atoms with Crippen LogP contribution in [0.15, 0.2) is 60.7 Å². The fraction of sp³-hybridized carbons (Fsp3) is 0.100. The highest BCUT2D eigenvalue weighted by molar-refractivity contribution is 6.02. The van der Waals surface area contributed by atoms with E-state index in [2.05, 4.69) is 36.2 Å². The molecule has 4 aromatic rings. The molecule has 0 fully saturated rings. The molecule has 2 aromatic carbocycles. The van der Waals surface area contributed by atoms with Gasteiger partial charge in [0.2, 0.25) is 0 Å². The minimum absolute atomic E-state index is 0.785. The lowest BCUT2D eigenvalue weighted by Crippen LogP contribution is -1.93. The van der Waals surface area contributed by atoms with Gasteiger partial charge in [-0.1, -0.05) is 60.7 Å². The lowest BCUT2D eigenvalue weighted by Gasteiger charge is -2.06. The number of nitrogens with zero attached hydrogens (tertiary/aromatic N) is 2. The van der Waals surface area contributed by atoms with Gasteiger partial charge in [0.15, 0.2) is 0 Å². The molecule has 0 aliphatic heterocycles. The Hall–Kier alpha value is -2.94. The van der Waals surface area contributed by atoms with Gasteiger partial charge in [-0.15, -0.1) is 0 Å². The van der Waals surface area contributed by atoms with Crippen LogP contribution < -0.4 is 0 Å². The third kappa shape index (κ3) is 2.30. The van der Waals surface area contributed by atoms with Crippen molar-refractivity contribution in [2.24, 2.45) is 0 Å². The summed E-state index contributed by atoms with van der Waals surface area (Å²) >= 11 is 0. The van der Waals surface area contributed by atoms with Gasteiger partial charge in [-0.2, -0.15) is 0 Å². The number of hydrogen-bond acceptors (Lipinski definition) is 2. The minimum Gasteiger partial charge on any atom is -0.356 e. The monoisotopic (exact) mass is 299 g/mol. The Bertz CT molecular complexity index is 970. The van der Waals surface area contributed by atoms with E-state index in [9.17, 15) is 0 Å². The molecule has 0 bridgehead atoms. The summed E-state index contributed by atoms with van der Waals surface area (Å²) < 4.78 is 0. The molecule has 0 aliphatic carbocycles. The second-order valence-corrected chi connectivity index (χ2v) is 5.70. The standard InChI is InChI=1S/C20H17N3/c1-13-17-18(15-9-5-3-6-10-15)22-14(2)23-20(17)19(21-13)16-11-7-4-8-12-16/h3-12,21H,1-2H3. The van der Waals surface area contributed by atoms with Gasteiger partial charge in [0, 0.05) is 22.2 Å². The van der Waals surface area contributed by atoms with Crippen molar-refractivity contribution in [2.75, 3.05) is 0 Å². The molecule has 0 aliphatic rings. The van der Waals surface area contributed by atoms with Crippen LogP contribution in [0.5, 0.6) is 0 Å². The molecule has 2 heterocycles. The summed E-state index contributed by atoms with van der Waals surface area (Å²) in [7, 11) is 0. The third-order valence-electron chi connectivity index (χ3n) is 4.05. The van der Waals surface area contributed by atoms with Crippen molar-refractivity contribution in [3.8, 4) is 22.5 Å². The second kappa shape index (κ2) is 5.36. The quantitative estimate of drug-likeness (QED) is 0.571. The van der Waals surface area contributed by atoms with Crippen LogP contribution in [0.2, 0.25) is 0 Å². The van der Waals surface area contributed by atoms with Crippen LogP contribution in [0.1, 0.15) is 11.5 Å². The topological polar surface area (TPSA) is 41.6 Å². The van der Waals surface area contributed by atoms with Gasteiger partial charge in [-0.25, -0.2) is 9.97 Å². The highest BCUT2D eigenvalue weighted by Crippen LogP contribution is 2.34. The molecular formula is C20H17N3. The predicted octanol–water partition coefficient (Wildman–Crippen LogP) is 4.91. The fourth-order valence-corrected chi connectivity index (χ4v) is 3.04. The van der Waals surface area contributed by atoms with Crippen LogP contribution in [0.4, 0.5) is 0 Å². The summed E-state index contributed by atoms with van der Waals surface area (Å²) in [6, 6.07) is 20.6. The lowest BCUT2D eigenvalue weighted by atomic mass is 10.1. The number of nitrogens with one attached hydrogen (secondary N) is 1. The van der Waals surface area contributed by atoms with Crippen molar-refractivity contribution in [2.45, 2.75) is 13.8 Å². The van der Waals surface area contributed by atoms with Crippen LogP contribution in [0.3, 0.4) is 0 Å². The van der Waals surface area contributed by atoms with E-state index in [1.165, 1.54) is 0 Å². The highest BCUT2D eigenvalue weighted by Gasteiger charge is 2.17. The summed E-state index contributed by atoms with van der Waals surface area (Å²) in [5.74, 6) is 0.785. The maximum absolute atomic E-state index is 4.72. The normalized spacial score (nSPS) is 11.0. The zero-order valence-electron chi connectivity index (χ0n) is 13.2. The number of benzene rings is 2. The molecule has 0 saturated heterocycles. The van der Waals surface area contributed by atoms with E-state index in [4.69, 9.17) is 9.97 Å². The molecule has 2 aromatic heterocycles. The van der Waals surface area contributed by atoms with Gasteiger partial charge in [0.25, 0.3) is 0 Å². The number of aromatic nitrogens is 3. The molecule has 23 heavy (non-hydrogen) atoms. The van der Waals surface area contributed by atoms with E-state index < -0.39 is 0 Å². The number of fused-ring (bicyclic) bond motifs is 1. The molecule has 0 radical (unpaired) electrons. The molecular weight excluding hydrogens is 282 g/mol. The smallest absolute Gasteiger partial charge is 0.126 e. The van der Waals surface area contributed by atoms with Crippen molar-refractivity contribution in [3.63, 3.8) is 0 Å². The van der Waals surface area contributed by atoms with E-state index in [1.54, 1.807) is 0 Å². The van der Waals surface area contributed by atoms with E-state index in [-0.39, 0.29) is 0 Å². The maximum Gasteiger partial charge on any atom is 0.126 e. The van der Waals surface area contributed by atoms with Gasteiger partial charge < -0.3 is 4.98 Å². The number of aromatic amines is 1. The number of aryl methyl sites for hydroxylation is 2. The third-order valence-corrected chi connectivity index (χ3v) is 4.05. The van der Waals surface area contributed by atoms with Crippen LogP contribution in [-0.2, 0) is 0 Å². The van der Waals surface area contributed by atoms with Gasteiger partial charge >= 0.3 is 0 Å². The Morgan fingerprint density at radius 1 is 0.739 bits per heavy atom. The summed E-state index contributed by atoms with van der Waals surface area (Å²) in [6.07, 6.45) is 0. The highest BCUT2D eigenvalue weighted by atomic mass is 14.9. The first-order valence-electron chi connectivity index (χ1n) is 7.72. The molecule has 112 valence electrons. The predicted molar refractivity (Wildman–Crippen MR) is 94.2 cm³/mol. The molecule has 0 saturated carbocycles. The van der Waals surface area contributed by atoms with Gasteiger partial charge in [0.1, 0.15) is 11.3 Å². The molecule has 1 N–H and O–H groups in total. The Morgan fingerprint density at radius 3 is 2.00 bits per heavy atom. The van der Waals surface area contributed by atoms with Crippen LogP contribution in [0.25, 0.3) is 33.4 Å². The van der Waals surface area contributed by atoms with Crippen molar-refractivity contribution >= 4 is 10.9 Å². The lowest BCUT2D eigenvalue weighted by molar-refractivity contribution is 1.10. The summed E-state index contributed by atoms with van der Waals surface area (Å²) in [6.45, 7) is 4.03. The molecule has 3 heteroatoms. The minimum atomic E-state index is 0.785. The van der Waals surface area contributed by atoms with E-state index in [0.29, 0.717) is 0 Å². The largest absolute Gasteiger partial charge is 0.356 e. The van der Waals surface area contributed by atoms with Crippen LogP contribution in [0, 0.1) is 13.8 Å². The van der Waals surface area contributed by atoms with Crippen molar-refractivity contribution in [1.29, 1.82) is 0 Å². The first-order chi connectivity index (χ1) is 11.2. The fourth-order valence-electron chi connectivity index (χ4n) is 3.04. The van der Waals surface area contributed by atoms with Crippen molar-refractivity contribution in [3.05, 3.63) is 72.2 Å². The first kappa shape index (κ1) is 13.7. The SMILES string of the molecule is Cc1nc(-c2ccccc2)c2c(C)[nH]c(-c3ccccc3)c2n1. The summed E-state index contributed by atoms with van der Waals surface area (Å²) in [4.78, 5) is 12.9. The molecule has 0 amide bonds. The Kier molecular flexibility index (Phi) is 3.19. The Balaban J connectivity index is 2.06. The van der Waals surface area contributed by atoms with Crippen LogP contribution >= 0.6 is 0 Å².